The van der Waals surface area contributed by atoms with E-state index in [1.165, 1.54) is 5.56 Å². The molecule has 5 heteroatoms. The van der Waals surface area contributed by atoms with E-state index < -0.39 is 0 Å². The molecule has 1 aliphatic rings. The number of hydrogen-bond donors (Lipinski definition) is 0. The Morgan fingerprint density at radius 1 is 1.36 bits per heavy atom. The number of hydrogen-bond acceptors (Lipinski definition) is 2. The van der Waals surface area contributed by atoms with Crippen LogP contribution in [0.1, 0.15) is 51.3 Å². The first-order valence-electron chi connectivity index (χ1n) is 7.73. The first kappa shape index (κ1) is 16.4. The number of carbonyl (C=O) groups excluding carboxylic acids is 1. The molecule has 0 N–H and O–H groups in total. The van der Waals surface area contributed by atoms with E-state index in [2.05, 4.69) is 62.0 Å². The van der Waals surface area contributed by atoms with Crippen molar-refractivity contribution < 1.29 is 4.79 Å². The summed E-state index contributed by atoms with van der Waals surface area (Å²) in [5.74, 6) is 0.283. The number of azide groups is 1. The standard InChI is InChI=1S/C17H24N4O/c1-12(14-5-7-15(8-6-14)17(2,3)4)21-11-13(9-16(21)22)10-19-20-18/h5-8,12-13H,9-11H2,1-4H3. The van der Waals surface area contributed by atoms with Crippen LogP contribution in [0.3, 0.4) is 0 Å². The highest BCUT2D eigenvalue weighted by Gasteiger charge is 2.32. The zero-order valence-electron chi connectivity index (χ0n) is 13.8. The number of amides is 1. The molecule has 1 amide bonds. The van der Waals surface area contributed by atoms with E-state index in [0.29, 0.717) is 19.5 Å². The Balaban J connectivity index is 2.09. The third kappa shape index (κ3) is 3.60. The van der Waals surface area contributed by atoms with Gasteiger partial charge in [-0.25, -0.2) is 0 Å². The molecule has 0 saturated carbocycles. The fourth-order valence-electron chi connectivity index (χ4n) is 2.90. The molecule has 0 radical (unpaired) electrons. The van der Waals surface area contributed by atoms with Gasteiger partial charge in [0.25, 0.3) is 0 Å². The van der Waals surface area contributed by atoms with Crippen LogP contribution in [-0.2, 0) is 10.2 Å². The monoisotopic (exact) mass is 300 g/mol. The lowest BCUT2D eigenvalue weighted by atomic mass is 9.86. The van der Waals surface area contributed by atoms with Gasteiger partial charge in [-0.15, -0.1) is 0 Å². The summed E-state index contributed by atoms with van der Waals surface area (Å²) in [7, 11) is 0. The minimum Gasteiger partial charge on any atom is -0.336 e. The lowest BCUT2D eigenvalue weighted by Crippen LogP contribution is -2.28. The van der Waals surface area contributed by atoms with E-state index in [1.807, 2.05) is 4.90 Å². The van der Waals surface area contributed by atoms with Crippen molar-refractivity contribution in [2.24, 2.45) is 11.0 Å². The summed E-state index contributed by atoms with van der Waals surface area (Å²) in [6, 6.07) is 8.56. The van der Waals surface area contributed by atoms with Crippen molar-refractivity contribution in [3.63, 3.8) is 0 Å². The quantitative estimate of drug-likeness (QED) is 0.466. The van der Waals surface area contributed by atoms with Gasteiger partial charge in [-0.3, -0.25) is 4.79 Å². The van der Waals surface area contributed by atoms with Crippen LogP contribution in [0.25, 0.3) is 10.4 Å². The zero-order chi connectivity index (χ0) is 16.3. The molecule has 0 aliphatic carbocycles. The normalized spacial score (nSPS) is 19.9. The second-order valence-corrected chi connectivity index (χ2v) is 7.08. The number of likely N-dealkylation sites (tertiary alicyclic amines) is 1. The summed E-state index contributed by atoms with van der Waals surface area (Å²) in [4.78, 5) is 16.9. The highest BCUT2D eigenvalue weighted by molar-refractivity contribution is 5.79. The van der Waals surface area contributed by atoms with Crippen LogP contribution in [-0.4, -0.2) is 23.9 Å². The van der Waals surface area contributed by atoms with Crippen molar-refractivity contribution in [1.29, 1.82) is 0 Å². The van der Waals surface area contributed by atoms with E-state index >= 15 is 0 Å². The van der Waals surface area contributed by atoms with Gasteiger partial charge >= 0.3 is 0 Å². The zero-order valence-corrected chi connectivity index (χ0v) is 13.8. The predicted molar refractivity (Wildman–Crippen MR) is 87.4 cm³/mol. The average Bonchev–Trinajstić information content (AvgIpc) is 2.84. The highest BCUT2D eigenvalue weighted by Crippen LogP contribution is 2.30. The molecule has 2 unspecified atom stereocenters. The molecule has 1 aromatic carbocycles. The van der Waals surface area contributed by atoms with E-state index in [1.54, 1.807) is 0 Å². The van der Waals surface area contributed by atoms with Crippen molar-refractivity contribution in [2.75, 3.05) is 13.1 Å². The second kappa shape index (κ2) is 6.41. The van der Waals surface area contributed by atoms with Crippen LogP contribution >= 0.6 is 0 Å². The fraction of sp³-hybridized carbons (Fsp3) is 0.588. The van der Waals surface area contributed by atoms with Gasteiger partial charge in [-0.1, -0.05) is 50.2 Å². The van der Waals surface area contributed by atoms with Crippen molar-refractivity contribution in [1.82, 2.24) is 4.90 Å². The largest absolute Gasteiger partial charge is 0.336 e. The van der Waals surface area contributed by atoms with Gasteiger partial charge in [0.2, 0.25) is 5.91 Å². The van der Waals surface area contributed by atoms with Crippen LogP contribution in [0.5, 0.6) is 0 Å². The third-order valence-electron chi connectivity index (χ3n) is 4.37. The Labute approximate surface area is 131 Å². The molecule has 1 aromatic rings. The number of benzene rings is 1. The van der Waals surface area contributed by atoms with E-state index in [4.69, 9.17) is 5.53 Å². The molecule has 5 nitrogen and oxygen atoms in total. The van der Waals surface area contributed by atoms with Gasteiger partial charge in [0.1, 0.15) is 0 Å². The summed E-state index contributed by atoms with van der Waals surface area (Å²) in [6.45, 7) is 9.69. The summed E-state index contributed by atoms with van der Waals surface area (Å²) in [5, 5.41) is 3.60. The number of rotatable bonds is 4. The van der Waals surface area contributed by atoms with Crippen molar-refractivity contribution >= 4 is 5.91 Å². The number of nitrogens with zero attached hydrogens (tertiary/aromatic N) is 4. The summed E-state index contributed by atoms with van der Waals surface area (Å²) < 4.78 is 0. The van der Waals surface area contributed by atoms with Crippen molar-refractivity contribution in [3.8, 4) is 0 Å². The smallest absolute Gasteiger partial charge is 0.223 e. The molecule has 0 bridgehead atoms. The third-order valence-corrected chi connectivity index (χ3v) is 4.37. The van der Waals surface area contributed by atoms with Crippen LogP contribution in [0.4, 0.5) is 0 Å². The lowest BCUT2D eigenvalue weighted by Gasteiger charge is -2.26. The topological polar surface area (TPSA) is 69.1 Å². The summed E-state index contributed by atoms with van der Waals surface area (Å²) >= 11 is 0. The Morgan fingerprint density at radius 2 is 2.00 bits per heavy atom. The molecule has 2 atom stereocenters. The molecule has 0 aromatic heterocycles. The lowest BCUT2D eigenvalue weighted by molar-refractivity contribution is -0.129. The molecule has 1 fully saturated rings. The van der Waals surface area contributed by atoms with Crippen LogP contribution in [0, 0.1) is 5.92 Å². The van der Waals surface area contributed by atoms with Crippen LogP contribution in [0.2, 0.25) is 0 Å². The van der Waals surface area contributed by atoms with Crippen molar-refractivity contribution in [3.05, 3.63) is 45.8 Å². The fourth-order valence-corrected chi connectivity index (χ4v) is 2.90. The van der Waals surface area contributed by atoms with Crippen LogP contribution in [0.15, 0.2) is 29.4 Å². The van der Waals surface area contributed by atoms with Crippen LogP contribution < -0.4 is 0 Å². The Bertz CT molecular complexity index is 582. The van der Waals surface area contributed by atoms with Gasteiger partial charge in [0.15, 0.2) is 0 Å². The Hall–Kier alpha value is -2.00. The second-order valence-electron chi connectivity index (χ2n) is 7.08. The van der Waals surface area contributed by atoms with Gasteiger partial charge in [-0.05, 0) is 34.9 Å². The minimum absolute atomic E-state index is 0.0533. The highest BCUT2D eigenvalue weighted by atomic mass is 16.2. The maximum Gasteiger partial charge on any atom is 0.223 e. The first-order valence-corrected chi connectivity index (χ1v) is 7.73. The molecule has 1 heterocycles. The molecule has 2 rings (SSSR count). The molecule has 118 valence electrons. The maximum atomic E-state index is 12.2. The maximum absolute atomic E-state index is 12.2. The van der Waals surface area contributed by atoms with E-state index in [0.717, 1.165) is 5.56 Å². The Morgan fingerprint density at radius 3 is 2.55 bits per heavy atom. The van der Waals surface area contributed by atoms with Gasteiger partial charge in [0.05, 0.1) is 6.04 Å². The first-order chi connectivity index (χ1) is 10.3. The van der Waals surface area contributed by atoms with E-state index in [9.17, 15) is 4.79 Å². The van der Waals surface area contributed by atoms with Gasteiger partial charge in [0, 0.05) is 24.4 Å². The van der Waals surface area contributed by atoms with Crippen molar-refractivity contribution in [2.45, 2.75) is 45.6 Å². The van der Waals surface area contributed by atoms with Gasteiger partial charge < -0.3 is 4.90 Å². The molecule has 22 heavy (non-hydrogen) atoms. The molecular weight excluding hydrogens is 276 g/mol. The number of carbonyl (C=O) groups is 1. The molecular formula is C17H24N4O. The van der Waals surface area contributed by atoms with Gasteiger partial charge in [-0.2, -0.15) is 0 Å². The predicted octanol–water partition coefficient (Wildman–Crippen LogP) is 4.20. The average molecular weight is 300 g/mol. The Kier molecular flexibility index (Phi) is 4.77. The minimum atomic E-state index is 0.0533. The van der Waals surface area contributed by atoms with E-state index in [-0.39, 0.29) is 23.3 Å². The summed E-state index contributed by atoms with van der Waals surface area (Å²) in [5.41, 5.74) is 11.0. The SMILES string of the molecule is CC(c1ccc(C(C)(C)C)cc1)N1CC(CN=[N+]=[N-])CC1=O. The molecule has 1 aliphatic heterocycles. The molecule has 0 spiro atoms. The summed E-state index contributed by atoms with van der Waals surface area (Å²) in [6.07, 6.45) is 0.476. The molecule has 1 saturated heterocycles.